The van der Waals surface area contributed by atoms with E-state index in [1.54, 1.807) is 44.2 Å². The number of rotatable bonds is 7. The van der Waals surface area contributed by atoms with Gasteiger partial charge in [0.15, 0.2) is 0 Å². The van der Waals surface area contributed by atoms with E-state index >= 15 is 0 Å². The molecule has 4 unspecified atom stereocenters. The highest BCUT2D eigenvalue weighted by Gasteiger charge is 2.31. The number of methoxy groups -OCH3 is 1. The number of fused-ring (bicyclic) bond motifs is 2. The Labute approximate surface area is 253 Å². The zero-order chi connectivity index (χ0) is 30.6. The highest BCUT2D eigenvalue weighted by molar-refractivity contribution is 7.98. The molecule has 2 bridgehead atoms. The largest absolute Gasteiger partial charge is 0.468 e. The Hall–Kier alpha value is -3.14. The van der Waals surface area contributed by atoms with E-state index in [1.165, 1.54) is 6.08 Å². The lowest BCUT2D eigenvalue weighted by Crippen LogP contribution is -2.36. The van der Waals surface area contributed by atoms with E-state index in [1.807, 2.05) is 39.0 Å². The van der Waals surface area contributed by atoms with Crippen LogP contribution in [0.2, 0.25) is 0 Å². The van der Waals surface area contributed by atoms with Gasteiger partial charge in [-0.1, -0.05) is 43.7 Å². The number of hydrogen-bond donors (Lipinski definition) is 3. The second-order valence-electron chi connectivity index (χ2n) is 11.2. The van der Waals surface area contributed by atoms with Gasteiger partial charge in [0, 0.05) is 42.5 Å². The van der Waals surface area contributed by atoms with E-state index in [0.717, 1.165) is 11.3 Å². The summed E-state index contributed by atoms with van der Waals surface area (Å²) in [7, 11) is 1.63. The summed E-state index contributed by atoms with van der Waals surface area (Å²) in [5, 5.41) is 16.7. The Morgan fingerprint density at radius 2 is 1.95 bits per heavy atom. The van der Waals surface area contributed by atoms with Crippen molar-refractivity contribution < 1.29 is 28.6 Å². The van der Waals surface area contributed by atoms with Gasteiger partial charge in [-0.15, -0.1) is 0 Å². The molecule has 9 heteroatoms. The summed E-state index contributed by atoms with van der Waals surface area (Å²) in [6, 6.07) is 3.76. The fourth-order valence-electron chi connectivity index (χ4n) is 4.95. The van der Waals surface area contributed by atoms with Gasteiger partial charge in [0.05, 0.1) is 35.6 Å². The molecule has 2 aliphatic rings. The summed E-state index contributed by atoms with van der Waals surface area (Å²) in [6.07, 6.45) is 11.7. The Morgan fingerprint density at radius 3 is 2.67 bits per heavy atom. The third-order valence-corrected chi connectivity index (χ3v) is 8.46. The SMILES string of the molecule is COC1/C=C\C=C(/C)C(=O)NC2=CC(=O)C(NCCSCc3ccco3)=C(CC(C)CCC(O)C(C)/C=C(\C)C1)C2=O. The van der Waals surface area contributed by atoms with Crippen molar-refractivity contribution in [3.05, 3.63) is 82.6 Å². The van der Waals surface area contributed by atoms with Crippen molar-refractivity contribution in [3.8, 4) is 0 Å². The molecule has 3 N–H and O–H groups in total. The standard InChI is InChI=1S/C33H44N2O6S/c1-21-11-12-29(36)24(4)16-22(2)17-25(40-5)9-6-8-23(3)33(39)35-28-19-30(37)31(27(18-21)32(28)38)34-13-15-42-20-26-10-7-14-41-26/h6-10,14,16,19,21,24-25,29,34,36H,11-13,15,17-18,20H2,1-5H3,(H,35,39)/b9-6-,22-16+,23-8+. The maximum absolute atomic E-state index is 13.6. The zero-order valence-electron chi connectivity index (χ0n) is 25.3. The number of ether oxygens (including phenoxy) is 1. The van der Waals surface area contributed by atoms with Crippen LogP contribution in [0.3, 0.4) is 0 Å². The van der Waals surface area contributed by atoms with Crippen LogP contribution in [0.4, 0.5) is 0 Å². The highest BCUT2D eigenvalue weighted by Crippen LogP contribution is 2.27. The third kappa shape index (κ3) is 10.00. The van der Waals surface area contributed by atoms with Crippen LogP contribution in [0.25, 0.3) is 0 Å². The molecule has 42 heavy (non-hydrogen) atoms. The van der Waals surface area contributed by atoms with Crippen LogP contribution in [0.15, 0.2) is 81.3 Å². The fraction of sp³-hybridized carbons (Fsp3) is 0.485. The monoisotopic (exact) mass is 596 g/mol. The van der Waals surface area contributed by atoms with Gasteiger partial charge in [-0.05, 0) is 57.6 Å². The fourth-order valence-corrected chi connectivity index (χ4v) is 5.71. The Bertz CT molecular complexity index is 1260. The summed E-state index contributed by atoms with van der Waals surface area (Å²) in [6.45, 7) is 8.18. The molecule has 0 spiro atoms. The first-order chi connectivity index (χ1) is 20.1. The summed E-state index contributed by atoms with van der Waals surface area (Å²) in [4.78, 5) is 39.8. The molecule has 4 atom stereocenters. The average Bonchev–Trinajstić information content (AvgIpc) is 3.47. The van der Waals surface area contributed by atoms with Gasteiger partial charge in [-0.25, -0.2) is 0 Å². The van der Waals surface area contributed by atoms with Gasteiger partial charge in [0.2, 0.25) is 11.6 Å². The quantitative estimate of drug-likeness (QED) is 0.224. The van der Waals surface area contributed by atoms with Crippen molar-refractivity contribution in [3.63, 3.8) is 0 Å². The lowest BCUT2D eigenvalue weighted by Gasteiger charge is -2.24. The van der Waals surface area contributed by atoms with Gasteiger partial charge in [-0.2, -0.15) is 11.8 Å². The number of aliphatic hydroxyl groups excluding tert-OH is 1. The summed E-state index contributed by atoms with van der Waals surface area (Å²) in [5.74, 6) is 1.11. The maximum Gasteiger partial charge on any atom is 0.251 e. The minimum absolute atomic E-state index is 0.0228. The van der Waals surface area contributed by atoms with Crippen molar-refractivity contribution in [2.45, 2.75) is 71.3 Å². The molecule has 0 saturated carbocycles. The first-order valence-electron chi connectivity index (χ1n) is 14.5. The minimum Gasteiger partial charge on any atom is -0.468 e. The second kappa shape index (κ2) is 16.5. The number of Topliss-reactive ketones (excluding diaryl/α,β-unsaturated/α-hetero) is 1. The molecule has 1 aliphatic carbocycles. The molecule has 1 aromatic heterocycles. The van der Waals surface area contributed by atoms with E-state index in [2.05, 4.69) is 16.7 Å². The predicted octanol–water partition coefficient (Wildman–Crippen LogP) is 5.18. The van der Waals surface area contributed by atoms with E-state index in [9.17, 15) is 19.5 Å². The van der Waals surface area contributed by atoms with Gasteiger partial charge >= 0.3 is 0 Å². The van der Waals surface area contributed by atoms with Crippen LogP contribution in [-0.2, 0) is 24.9 Å². The van der Waals surface area contributed by atoms with Gasteiger partial charge in [0.25, 0.3) is 5.91 Å². The Balaban J connectivity index is 1.83. The number of furan rings is 1. The number of aliphatic hydroxyl groups is 1. The normalized spacial score (nSPS) is 28.3. The Morgan fingerprint density at radius 1 is 1.17 bits per heavy atom. The average molecular weight is 597 g/mol. The molecule has 2 heterocycles. The molecule has 3 rings (SSSR count). The van der Waals surface area contributed by atoms with Crippen molar-refractivity contribution in [1.29, 1.82) is 0 Å². The van der Waals surface area contributed by atoms with Crippen LogP contribution >= 0.6 is 11.8 Å². The van der Waals surface area contributed by atoms with Gasteiger partial charge in [0.1, 0.15) is 5.76 Å². The van der Waals surface area contributed by atoms with Crippen LogP contribution in [0.5, 0.6) is 0 Å². The van der Waals surface area contributed by atoms with E-state index in [0.29, 0.717) is 54.9 Å². The van der Waals surface area contributed by atoms with Crippen molar-refractivity contribution in [1.82, 2.24) is 10.6 Å². The van der Waals surface area contributed by atoms with Crippen molar-refractivity contribution in [2.75, 3.05) is 19.4 Å². The number of ketones is 2. The maximum atomic E-state index is 13.6. The number of hydrogen-bond acceptors (Lipinski definition) is 8. The molecule has 1 aromatic rings. The number of carbonyl (C=O) groups excluding carboxylic acids is 3. The first-order valence-corrected chi connectivity index (χ1v) is 15.7. The van der Waals surface area contributed by atoms with Crippen molar-refractivity contribution >= 4 is 29.2 Å². The number of carbonyl (C=O) groups is 3. The van der Waals surface area contributed by atoms with Gasteiger partial charge < -0.3 is 24.9 Å². The molecule has 0 saturated heterocycles. The molecular weight excluding hydrogens is 552 g/mol. The first kappa shape index (κ1) is 33.4. The molecule has 228 valence electrons. The highest BCUT2D eigenvalue weighted by atomic mass is 32.2. The summed E-state index contributed by atoms with van der Waals surface area (Å²) < 4.78 is 10.9. The zero-order valence-corrected chi connectivity index (χ0v) is 26.1. The number of amides is 1. The van der Waals surface area contributed by atoms with E-state index in [-0.39, 0.29) is 40.9 Å². The smallest absolute Gasteiger partial charge is 0.251 e. The van der Waals surface area contributed by atoms with Crippen LogP contribution < -0.4 is 10.6 Å². The molecule has 1 aliphatic heterocycles. The lowest BCUT2D eigenvalue weighted by atomic mass is 9.86. The molecule has 0 radical (unpaired) electrons. The topological polar surface area (TPSA) is 118 Å². The summed E-state index contributed by atoms with van der Waals surface area (Å²) in [5.41, 5.74) is 2.11. The van der Waals surface area contributed by atoms with Crippen LogP contribution in [0.1, 0.15) is 59.1 Å². The minimum atomic E-state index is -0.539. The predicted molar refractivity (Wildman–Crippen MR) is 166 cm³/mol. The molecule has 8 nitrogen and oxygen atoms in total. The molecular formula is C33H44N2O6S. The van der Waals surface area contributed by atoms with Gasteiger partial charge in [-0.3, -0.25) is 14.4 Å². The molecule has 1 amide bonds. The second-order valence-corrected chi connectivity index (χ2v) is 12.3. The van der Waals surface area contributed by atoms with Crippen LogP contribution in [0, 0.1) is 11.8 Å². The van der Waals surface area contributed by atoms with E-state index in [4.69, 9.17) is 9.15 Å². The number of nitrogens with one attached hydrogen (secondary N) is 2. The number of allylic oxidation sites excluding steroid dienone is 4. The summed E-state index contributed by atoms with van der Waals surface area (Å²) >= 11 is 1.66. The molecule has 0 fully saturated rings. The van der Waals surface area contributed by atoms with Crippen molar-refractivity contribution in [2.24, 2.45) is 11.8 Å². The lowest BCUT2D eigenvalue weighted by molar-refractivity contribution is -0.120. The molecule has 0 aromatic carbocycles. The Kier molecular flexibility index (Phi) is 13.1. The third-order valence-electron chi connectivity index (χ3n) is 7.48. The van der Waals surface area contributed by atoms with E-state index < -0.39 is 12.0 Å². The number of thioether (sulfide) groups is 1. The van der Waals surface area contributed by atoms with Crippen LogP contribution in [-0.4, -0.2) is 54.2 Å².